The number of amides is 4. The molecule has 1 unspecified atom stereocenters. The second-order valence-corrected chi connectivity index (χ2v) is 15.9. The number of aromatic amines is 2. The van der Waals surface area contributed by atoms with Crippen LogP contribution in [0.5, 0.6) is 0 Å². The molecule has 0 aliphatic carbocycles. The van der Waals surface area contributed by atoms with Gasteiger partial charge in [-0.25, -0.2) is 19.6 Å². The first-order valence-corrected chi connectivity index (χ1v) is 20.0. The van der Waals surface area contributed by atoms with Gasteiger partial charge in [-0.3, -0.25) is 9.59 Å². The summed E-state index contributed by atoms with van der Waals surface area (Å²) in [5, 5.41) is 7.51. The number of nitrogens with two attached hydrogens (primary N) is 1. The van der Waals surface area contributed by atoms with Gasteiger partial charge in [-0.2, -0.15) is 0 Å². The monoisotopic (exact) mass is 805 g/mol. The Kier molecular flexibility index (Phi) is 13.3. The minimum atomic E-state index is -0.776. The molecule has 3 heterocycles. The van der Waals surface area contributed by atoms with Crippen LogP contribution in [0.1, 0.15) is 65.2 Å². The molecular weight excluding hydrogens is 751 g/mol. The number of nitrogens with zero attached hydrogens (tertiary/aromatic N) is 4. The number of rotatable bonds is 14. The van der Waals surface area contributed by atoms with Crippen LogP contribution in [0.4, 0.5) is 9.59 Å². The molecule has 312 valence electrons. The molecule has 15 nitrogen and oxygen atoms in total. The molecule has 1 aliphatic rings. The SMILES string of the molecule is COC(=O)NC(C(=O)N1CCC[C@H]1c1ncc(-c2ccc3cc(-c4ccc(-c5cnc(CN(C[C@@H](C)N)C(=O)[C@@H](NC(=O)OC)C(C)C)[nH]5)cc4)ccc3c2)[nH]1)C(C)C. The number of carbonyl (C=O) groups excluding carboxylic acids is 4. The number of alkyl carbamates (subject to hydrolysis) is 2. The van der Waals surface area contributed by atoms with Crippen LogP contribution in [0.2, 0.25) is 0 Å². The lowest BCUT2D eigenvalue weighted by Gasteiger charge is -2.30. The van der Waals surface area contributed by atoms with Gasteiger partial charge in [0, 0.05) is 24.7 Å². The number of hydrogen-bond donors (Lipinski definition) is 5. The highest BCUT2D eigenvalue weighted by Crippen LogP contribution is 2.34. The van der Waals surface area contributed by atoms with Crippen molar-refractivity contribution in [1.82, 2.24) is 40.4 Å². The number of ether oxygens (including phenoxy) is 2. The Labute approximate surface area is 344 Å². The molecule has 1 fully saturated rings. The summed E-state index contributed by atoms with van der Waals surface area (Å²) in [7, 11) is 2.55. The van der Waals surface area contributed by atoms with Crippen molar-refractivity contribution in [2.75, 3.05) is 27.3 Å². The van der Waals surface area contributed by atoms with E-state index in [1.54, 1.807) is 11.1 Å². The summed E-state index contributed by atoms with van der Waals surface area (Å²) in [6.07, 6.45) is 3.88. The number of fused-ring (bicyclic) bond motifs is 1. The second-order valence-electron chi connectivity index (χ2n) is 15.9. The maximum Gasteiger partial charge on any atom is 0.407 e. The number of hydrogen-bond acceptors (Lipinski definition) is 9. The summed E-state index contributed by atoms with van der Waals surface area (Å²) < 4.78 is 9.51. The van der Waals surface area contributed by atoms with Crippen molar-refractivity contribution in [2.45, 2.75) is 78.2 Å². The quantitative estimate of drug-likeness (QED) is 0.0844. The topological polar surface area (TPSA) is 201 Å². The van der Waals surface area contributed by atoms with Crippen molar-refractivity contribution >= 4 is 34.8 Å². The number of aromatic nitrogens is 4. The normalized spacial score (nSPS) is 15.6. The third kappa shape index (κ3) is 9.91. The van der Waals surface area contributed by atoms with Crippen LogP contribution in [0.25, 0.3) is 44.4 Å². The van der Waals surface area contributed by atoms with Crippen molar-refractivity contribution < 1.29 is 28.7 Å². The highest BCUT2D eigenvalue weighted by atomic mass is 16.5. The molecule has 0 saturated carbocycles. The van der Waals surface area contributed by atoms with Gasteiger partial charge in [-0.15, -0.1) is 0 Å². The van der Waals surface area contributed by atoms with Crippen molar-refractivity contribution in [3.05, 3.63) is 84.7 Å². The maximum absolute atomic E-state index is 13.6. The van der Waals surface area contributed by atoms with Gasteiger partial charge < -0.3 is 45.6 Å². The van der Waals surface area contributed by atoms with E-state index in [0.717, 1.165) is 63.1 Å². The van der Waals surface area contributed by atoms with E-state index in [-0.39, 0.29) is 48.8 Å². The van der Waals surface area contributed by atoms with Gasteiger partial charge in [0.15, 0.2) is 0 Å². The van der Waals surface area contributed by atoms with E-state index in [4.69, 9.17) is 20.2 Å². The minimum absolute atomic E-state index is 0.110. The average Bonchev–Trinajstić information content (AvgIpc) is 4.02. The van der Waals surface area contributed by atoms with Gasteiger partial charge in [-0.1, -0.05) is 76.2 Å². The molecule has 1 aliphatic heterocycles. The average molecular weight is 806 g/mol. The third-order valence-corrected chi connectivity index (χ3v) is 10.7. The summed E-state index contributed by atoms with van der Waals surface area (Å²) in [6, 6.07) is 18.9. The molecule has 2 aromatic heterocycles. The largest absolute Gasteiger partial charge is 0.453 e. The number of carbonyl (C=O) groups is 4. The molecule has 59 heavy (non-hydrogen) atoms. The van der Waals surface area contributed by atoms with Crippen molar-refractivity contribution in [3.8, 4) is 33.6 Å². The highest BCUT2D eigenvalue weighted by Gasteiger charge is 2.37. The lowest BCUT2D eigenvalue weighted by Crippen LogP contribution is -2.53. The summed E-state index contributed by atoms with van der Waals surface area (Å²) in [5.74, 6) is 0.634. The first-order valence-electron chi connectivity index (χ1n) is 20.0. The molecule has 0 spiro atoms. The molecule has 6 rings (SSSR count). The number of nitrogens with one attached hydrogen (secondary N) is 4. The summed E-state index contributed by atoms with van der Waals surface area (Å²) in [4.78, 5) is 70.6. The van der Waals surface area contributed by atoms with Gasteiger partial charge in [0.05, 0.1) is 50.6 Å². The fourth-order valence-corrected chi connectivity index (χ4v) is 7.53. The number of methoxy groups -OCH3 is 2. The van der Waals surface area contributed by atoms with E-state index in [1.165, 1.54) is 14.2 Å². The molecule has 5 aromatic rings. The number of likely N-dealkylation sites (tertiary alicyclic amines) is 1. The Hall–Kier alpha value is -6.22. The van der Waals surface area contributed by atoms with E-state index in [9.17, 15) is 19.2 Å². The van der Waals surface area contributed by atoms with E-state index >= 15 is 0 Å². The van der Waals surface area contributed by atoms with Crippen LogP contribution in [-0.2, 0) is 25.6 Å². The lowest BCUT2D eigenvalue weighted by atomic mass is 9.98. The standard InChI is InChI=1S/C44H55N9O6/c1-25(2)38(50-43(56)58-6)41(54)52(23-27(5)45)24-37-46-21-34(48-37)29-12-10-28(11-13-29)30-14-15-32-20-33(17-16-31(32)19-30)35-22-47-40(49-35)36-9-8-18-53(36)42(55)39(26(3)4)51-44(57)59-7/h10-17,19-22,25-27,36,38-39H,8-9,18,23-24,45H2,1-7H3,(H,46,48)(H,47,49)(H,50,56)(H,51,57)/t27-,36+,38+,39?/m1/s1. The van der Waals surface area contributed by atoms with Crippen molar-refractivity contribution in [1.29, 1.82) is 0 Å². The Morgan fingerprint density at radius 3 is 1.97 bits per heavy atom. The van der Waals surface area contributed by atoms with Gasteiger partial charge in [-0.05, 0) is 71.2 Å². The van der Waals surface area contributed by atoms with Crippen LogP contribution in [0.15, 0.2) is 73.1 Å². The van der Waals surface area contributed by atoms with Crippen LogP contribution in [0.3, 0.4) is 0 Å². The lowest BCUT2D eigenvalue weighted by molar-refractivity contribution is -0.136. The van der Waals surface area contributed by atoms with Gasteiger partial charge in [0.2, 0.25) is 11.8 Å². The molecule has 4 amide bonds. The molecule has 3 aromatic carbocycles. The van der Waals surface area contributed by atoms with Gasteiger partial charge in [0.25, 0.3) is 0 Å². The molecular formula is C44H55N9O6. The summed E-state index contributed by atoms with van der Waals surface area (Å²) in [5.41, 5.74) is 11.8. The first kappa shape index (κ1) is 42.4. The Bertz CT molecular complexity index is 2260. The Morgan fingerprint density at radius 1 is 0.780 bits per heavy atom. The second kappa shape index (κ2) is 18.6. The molecule has 6 N–H and O–H groups in total. The zero-order valence-electron chi connectivity index (χ0n) is 34.7. The minimum Gasteiger partial charge on any atom is -0.453 e. The predicted octanol–water partition coefficient (Wildman–Crippen LogP) is 6.39. The summed E-state index contributed by atoms with van der Waals surface area (Å²) in [6.45, 7) is 10.4. The first-order chi connectivity index (χ1) is 28.3. The van der Waals surface area contributed by atoms with E-state index < -0.39 is 24.3 Å². The molecule has 1 saturated heterocycles. The Balaban J connectivity index is 1.13. The fourth-order valence-electron chi connectivity index (χ4n) is 7.53. The number of H-pyrrole nitrogens is 2. The molecule has 15 heteroatoms. The molecule has 0 radical (unpaired) electrons. The maximum atomic E-state index is 13.6. The molecule has 0 bridgehead atoms. The smallest absolute Gasteiger partial charge is 0.407 e. The highest BCUT2D eigenvalue weighted by molar-refractivity contribution is 5.91. The fraction of sp³-hybridized carbons (Fsp3) is 0.409. The van der Waals surface area contributed by atoms with Crippen LogP contribution in [-0.4, -0.2) is 99.2 Å². The van der Waals surface area contributed by atoms with Gasteiger partial charge in [0.1, 0.15) is 23.7 Å². The van der Waals surface area contributed by atoms with Crippen LogP contribution in [0, 0.1) is 11.8 Å². The van der Waals surface area contributed by atoms with E-state index in [2.05, 4.69) is 74.1 Å². The third-order valence-electron chi connectivity index (χ3n) is 10.7. The van der Waals surface area contributed by atoms with E-state index in [1.807, 2.05) is 57.8 Å². The summed E-state index contributed by atoms with van der Waals surface area (Å²) >= 11 is 0. The zero-order valence-corrected chi connectivity index (χ0v) is 34.7. The zero-order chi connectivity index (χ0) is 42.4. The van der Waals surface area contributed by atoms with E-state index in [0.29, 0.717) is 12.4 Å². The molecule has 4 atom stereocenters. The van der Waals surface area contributed by atoms with Gasteiger partial charge >= 0.3 is 12.2 Å². The predicted molar refractivity (Wildman–Crippen MR) is 226 cm³/mol. The van der Waals surface area contributed by atoms with Crippen LogP contribution < -0.4 is 16.4 Å². The van der Waals surface area contributed by atoms with Crippen molar-refractivity contribution in [2.24, 2.45) is 17.6 Å². The van der Waals surface area contributed by atoms with Crippen molar-refractivity contribution in [3.63, 3.8) is 0 Å². The Morgan fingerprint density at radius 2 is 1.34 bits per heavy atom. The number of imidazole rings is 2. The van der Waals surface area contributed by atoms with Crippen LogP contribution >= 0.6 is 0 Å². The number of benzene rings is 3.